The second-order valence-electron chi connectivity index (χ2n) is 4.97. The number of amides is 1. The molecular formula is C15H16N2O2. The van der Waals surface area contributed by atoms with Gasteiger partial charge in [0, 0.05) is 35.8 Å². The van der Waals surface area contributed by atoms with Crippen molar-refractivity contribution in [3.63, 3.8) is 0 Å². The smallest absolute Gasteiger partial charge is 0.242 e. The minimum Gasteiger partial charge on any atom is -0.341 e. The summed E-state index contributed by atoms with van der Waals surface area (Å²) >= 11 is 0. The summed E-state index contributed by atoms with van der Waals surface area (Å²) in [7, 11) is 0. The Hall–Kier alpha value is -2.10. The van der Waals surface area contributed by atoms with Gasteiger partial charge in [-0.2, -0.15) is 0 Å². The van der Waals surface area contributed by atoms with Crippen LogP contribution in [0, 0.1) is 0 Å². The van der Waals surface area contributed by atoms with Gasteiger partial charge in [0.05, 0.1) is 0 Å². The highest BCUT2D eigenvalue weighted by atomic mass is 16.2. The Bertz CT molecular complexity index is 624. The number of aldehydes is 1. The zero-order chi connectivity index (χ0) is 13.2. The molecule has 0 unspecified atom stereocenters. The molecule has 1 amide bonds. The van der Waals surface area contributed by atoms with Crippen LogP contribution in [-0.4, -0.2) is 34.7 Å². The van der Waals surface area contributed by atoms with Gasteiger partial charge in [-0.3, -0.25) is 9.59 Å². The number of fused-ring (bicyclic) bond motifs is 1. The predicted octanol–water partition coefficient (Wildman–Crippen LogP) is 2.08. The minimum atomic E-state index is 0.175. The molecule has 98 valence electrons. The van der Waals surface area contributed by atoms with E-state index in [0.29, 0.717) is 12.1 Å². The summed E-state index contributed by atoms with van der Waals surface area (Å²) in [6.07, 6.45) is 4.97. The largest absolute Gasteiger partial charge is 0.341 e. The third-order valence-corrected chi connectivity index (χ3v) is 3.70. The van der Waals surface area contributed by atoms with Crippen LogP contribution in [0.2, 0.25) is 0 Å². The fourth-order valence-electron chi connectivity index (χ4n) is 2.64. The van der Waals surface area contributed by atoms with Crippen LogP contribution in [0.5, 0.6) is 0 Å². The first-order chi connectivity index (χ1) is 9.28. The van der Waals surface area contributed by atoms with Crippen LogP contribution in [0.3, 0.4) is 0 Å². The summed E-state index contributed by atoms with van der Waals surface area (Å²) in [5.74, 6) is 0.175. The van der Waals surface area contributed by atoms with E-state index in [9.17, 15) is 9.59 Å². The Kier molecular flexibility index (Phi) is 3.07. The van der Waals surface area contributed by atoms with Crippen LogP contribution in [0.1, 0.15) is 23.2 Å². The second-order valence-corrected chi connectivity index (χ2v) is 4.97. The molecule has 0 bridgehead atoms. The van der Waals surface area contributed by atoms with E-state index in [2.05, 4.69) is 0 Å². The molecule has 1 aromatic heterocycles. The Labute approximate surface area is 111 Å². The molecule has 1 aliphatic heterocycles. The molecule has 0 radical (unpaired) electrons. The fraction of sp³-hybridized carbons (Fsp3) is 0.333. The molecule has 4 heteroatoms. The van der Waals surface area contributed by atoms with Crippen molar-refractivity contribution in [3.05, 3.63) is 36.0 Å². The number of nitrogens with zero attached hydrogens (tertiary/aromatic N) is 2. The lowest BCUT2D eigenvalue weighted by Crippen LogP contribution is -2.30. The van der Waals surface area contributed by atoms with Crippen LogP contribution >= 0.6 is 0 Å². The molecule has 4 nitrogen and oxygen atoms in total. The van der Waals surface area contributed by atoms with E-state index in [1.807, 2.05) is 33.9 Å². The first kappa shape index (κ1) is 12.0. The van der Waals surface area contributed by atoms with Crippen molar-refractivity contribution in [2.75, 3.05) is 13.1 Å². The quantitative estimate of drug-likeness (QED) is 0.789. The lowest BCUT2D eigenvalue weighted by atomic mass is 10.2. The lowest BCUT2D eigenvalue weighted by Gasteiger charge is -2.16. The third kappa shape index (κ3) is 2.26. The SMILES string of the molecule is O=Cc1ccc2c(ccn2CC(=O)N2CCCC2)c1. The van der Waals surface area contributed by atoms with Gasteiger partial charge >= 0.3 is 0 Å². The van der Waals surface area contributed by atoms with E-state index < -0.39 is 0 Å². The molecule has 0 spiro atoms. The second kappa shape index (κ2) is 4.88. The summed E-state index contributed by atoms with van der Waals surface area (Å²) in [4.78, 5) is 24.8. The van der Waals surface area contributed by atoms with Crippen molar-refractivity contribution < 1.29 is 9.59 Å². The monoisotopic (exact) mass is 256 g/mol. The number of benzene rings is 1. The number of likely N-dealkylation sites (tertiary alicyclic amines) is 1. The molecule has 0 saturated carbocycles. The zero-order valence-electron chi connectivity index (χ0n) is 10.7. The molecule has 1 saturated heterocycles. The summed E-state index contributed by atoms with van der Waals surface area (Å²) < 4.78 is 1.95. The summed E-state index contributed by atoms with van der Waals surface area (Å²) in [5.41, 5.74) is 1.66. The van der Waals surface area contributed by atoms with Crippen molar-refractivity contribution in [3.8, 4) is 0 Å². The van der Waals surface area contributed by atoms with Gasteiger partial charge in [0.25, 0.3) is 0 Å². The van der Waals surface area contributed by atoms with Crippen LogP contribution in [0.25, 0.3) is 10.9 Å². The highest BCUT2D eigenvalue weighted by Gasteiger charge is 2.18. The summed E-state index contributed by atoms with van der Waals surface area (Å²) in [6.45, 7) is 2.14. The van der Waals surface area contributed by atoms with Crippen LogP contribution in [0.15, 0.2) is 30.5 Å². The standard InChI is InChI=1S/C15H16N2O2/c18-11-12-3-4-14-13(9-12)5-8-17(14)10-15(19)16-6-1-2-7-16/h3-5,8-9,11H,1-2,6-7,10H2. The van der Waals surface area contributed by atoms with E-state index in [-0.39, 0.29) is 5.91 Å². The van der Waals surface area contributed by atoms with E-state index in [0.717, 1.165) is 43.1 Å². The first-order valence-electron chi connectivity index (χ1n) is 6.60. The van der Waals surface area contributed by atoms with Gasteiger partial charge in [-0.05, 0) is 37.1 Å². The van der Waals surface area contributed by atoms with Crippen molar-refractivity contribution in [1.29, 1.82) is 0 Å². The van der Waals surface area contributed by atoms with Gasteiger partial charge in [0.2, 0.25) is 5.91 Å². The molecule has 1 aliphatic rings. The molecule has 1 aromatic carbocycles. The Morgan fingerprint density at radius 2 is 2.00 bits per heavy atom. The lowest BCUT2D eigenvalue weighted by molar-refractivity contribution is -0.130. The molecule has 0 N–H and O–H groups in total. The maximum atomic E-state index is 12.1. The first-order valence-corrected chi connectivity index (χ1v) is 6.60. The van der Waals surface area contributed by atoms with Crippen molar-refractivity contribution in [2.24, 2.45) is 0 Å². The number of aromatic nitrogens is 1. The fourth-order valence-corrected chi connectivity index (χ4v) is 2.64. The number of rotatable bonds is 3. The molecule has 0 atom stereocenters. The van der Waals surface area contributed by atoms with E-state index in [1.54, 1.807) is 6.07 Å². The molecule has 1 fully saturated rings. The van der Waals surface area contributed by atoms with Crippen LogP contribution < -0.4 is 0 Å². The average molecular weight is 256 g/mol. The predicted molar refractivity (Wildman–Crippen MR) is 73.1 cm³/mol. The van der Waals surface area contributed by atoms with Crippen LogP contribution in [-0.2, 0) is 11.3 Å². The molecule has 2 heterocycles. The van der Waals surface area contributed by atoms with E-state index >= 15 is 0 Å². The molecule has 19 heavy (non-hydrogen) atoms. The zero-order valence-corrected chi connectivity index (χ0v) is 10.7. The Balaban J connectivity index is 1.84. The number of hydrogen-bond acceptors (Lipinski definition) is 2. The normalized spacial score (nSPS) is 15.1. The molecule has 3 rings (SSSR count). The number of carbonyl (C=O) groups excluding carboxylic acids is 2. The van der Waals surface area contributed by atoms with Gasteiger partial charge in [0.15, 0.2) is 0 Å². The molecule has 0 aliphatic carbocycles. The highest BCUT2D eigenvalue weighted by Crippen LogP contribution is 2.18. The highest BCUT2D eigenvalue weighted by molar-refractivity contribution is 5.88. The van der Waals surface area contributed by atoms with Crippen molar-refractivity contribution in [1.82, 2.24) is 9.47 Å². The third-order valence-electron chi connectivity index (χ3n) is 3.70. The van der Waals surface area contributed by atoms with E-state index in [1.165, 1.54) is 0 Å². The topological polar surface area (TPSA) is 42.3 Å². The number of carbonyl (C=O) groups is 2. The maximum Gasteiger partial charge on any atom is 0.242 e. The Morgan fingerprint density at radius 3 is 2.74 bits per heavy atom. The molecular weight excluding hydrogens is 240 g/mol. The maximum absolute atomic E-state index is 12.1. The minimum absolute atomic E-state index is 0.175. The van der Waals surface area contributed by atoms with Gasteiger partial charge in [0.1, 0.15) is 12.8 Å². The average Bonchev–Trinajstić information content (AvgIpc) is 3.08. The van der Waals surface area contributed by atoms with Crippen molar-refractivity contribution >= 4 is 23.1 Å². The van der Waals surface area contributed by atoms with Gasteiger partial charge in [-0.1, -0.05) is 0 Å². The Morgan fingerprint density at radius 1 is 1.21 bits per heavy atom. The summed E-state index contributed by atoms with van der Waals surface area (Å²) in [5, 5.41) is 0.999. The van der Waals surface area contributed by atoms with Crippen LogP contribution in [0.4, 0.5) is 0 Å². The van der Waals surface area contributed by atoms with Gasteiger partial charge < -0.3 is 9.47 Å². The van der Waals surface area contributed by atoms with Gasteiger partial charge in [-0.25, -0.2) is 0 Å². The number of hydrogen-bond donors (Lipinski definition) is 0. The van der Waals surface area contributed by atoms with Crippen molar-refractivity contribution in [2.45, 2.75) is 19.4 Å². The summed E-state index contributed by atoms with van der Waals surface area (Å²) in [6, 6.07) is 7.47. The molecule has 2 aromatic rings. The van der Waals surface area contributed by atoms with E-state index in [4.69, 9.17) is 0 Å². The van der Waals surface area contributed by atoms with Gasteiger partial charge in [-0.15, -0.1) is 0 Å².